The maximum Gasteiger partial charge on any atom is 0.0991 e. The quantitative estimate of drug-likeness (QED) is 0.576. The number of allylic oxidation sites excluding steroid dienone is 5. The molecule has 122 valence electrons. The van der Waals surface area contributed by atoms with Gasteiger partial charge in [0.05, 0.1) is 11.6 Å². The maximum absolute atomic E-state index is 9.05. The van der Waals surface area contributed by atoms with Gasteiger partial charge in [-0.3, -0.25) is 0 Å². The lowest BCUT2D eigenvalue weighted by Crippen LogP contribution is -1.95. The highest BCUT2D eigenvalue weighted by Gasteiger charge is 2.17. The van der Waals surface area contributed by atoms with E-state index in [0.717, 1.165) is 5.56 Å². The number of nitriles is 1. The second kappa shape index (κ2) is 7.09. The topological polar surface area (TPSA) is 23.8 Å². The van der Waals surface area contributed by atoms with Crippen molar-refractivity contribution >= 4 is 11.1 Å². The molecule has 0 saturated heterocycles. The number of hydrogen-bond donors (Lipinski definition) is 0. The van der Waals surface area contributed by atoms with Crippen molar-refractivity contribution in [2.24, 2.45) is 0 Å². The van der Waals surface area contributed by atoms with E-state index < -0.39 is 0 Å². The Labute approximate surface area is 153 Å². The number of nitrogens with zero attached hydrogens (tertiary/aromatic N) is 1. The molecule has 1 nitrogen and oxygen atoms in total. The Morgan fingerprint density at radius 2 is 1.27 bits per heavy atom. The van der Waals surface area contributed by atoms with Crippen molar-refractivity contribution < 1.29 is 0 Å². The van der Waals surface area contributed by atoms with E-state index in [1.807, 2.05) is 36.4 Å². The van der Waals surface area contributed by atoms with Crippen molar-refractivity contribution in [2.45, 2.75) is 0 Å². The molecule has 0 unspecified atom stereocenters. The van der Waals surface area contributed by atoms with Crippen LogP contribution in [0.3, 0.4) is 0 Å². The monoisotopic (exact) mass is 331 g/mol. The molecule has 26 heavy (non-hydrogen) atoms. The Hall–Kier alpha value is -3.63. The van der Waals surface area contributed by atoms with Gasteiger partial charge >= 0.3 is 0 Å². The summed E-state index contributed by atoms with van der Waals surface area (Å²) in [6.45, 7) is 0. The second-order valence-electron chi connectivity index (χ2n) is 6.15. The largest absolute Gasteiger partial charge is 0.192 e. The highest BCUT2D eigenvalue weighted by Crippen LogP contribution is 2.38. The van der Waals surface area contributed by atoms with Gasteiger partial charge in [-0.1, -0.05) is 91.0 Å². The van der Waals surface area contributed by atoms with Crippen molar-refractivity contribution in [3.63, 3.8) is 0 Å². The van der Waals surface area contributed by atoms with Gasteiger partial charge in [-0.2, -0.15) is 5.26 Å². The summed E-state index contributed by atoms with van der Waals surface area (Å²) < 4.78 is 0. The van der Waals surface area contributed by atoms with E-state index in [9.17, 15) is 0 Å². The molecule has 1 aliphatic carbocycles. The highest BCUT2D eigenvalue weighted by atomic mass is 14.2. The molecule has 0 amide bonds. The molecular weight excluding hydrogens is 314 g/mol. The van der Waals surface area contributed by atoms with E-state index in [1.54, 1.807) is 0 Å². The van der Waals surface area contributed by atoms with Gasteiger partial charge in [-0.15, -0.1) is 0 Å². The van der Waals surface area contributed by atoms with E-state index in [4.69, 9.17) is 5.26 Å². The zero-order valence-corrected chi connectivity index (χ0v) is 14.3. The fourth-order valence-corrected chi connectivity index (χ4v) is 3.30. The van der Waals surface area contributed by atoms with Crippen molar-refractivity contribution in [3.8, 4) is 6.07 Å². The first-order valence-electron chi connectivity index (χ1n) is 8.61. The lowest BCUT2D eigenvalue weighted by atomic mass is 9.88. The summed E-state index contributed by atoms with van der Waals surface area (Å²) in [6.07, 6.45) is 6.40. The average Bonchev–Trinajstić information content (AvgIpc) is 3.19. The summed E-state index contributed by atoms with van der Waals surface area (Å²) in [5.41, 5.74) is 7.78. The van der Waals surface area contributed by atoms with Crippen molar-refractivity contribution in [1.29, 1.82) is 5.26 Å². The predicted octanol–water partition coefficient (Wildman–Crippen LogP) is 6.01. The Balaban J connectivity index is 1.90. The Morgan fingerprint density at radius 1 is 0.692 bits per heavy atom. The smallest absolute Gasteiger partial charge is 0.0991 e. The second-order valence-corrected chi connectivity index (χ2v) is 6.15. The standard InChI is InChI=1S/C25H17N/c26-18-19-14-16-20(17-15-19)23-12-7-13-24(23)25(21-8-3-1-4-9-21)22-10-5-2-6-11-22/h1-17H. The first kappa shape index (κ1) is 15.9. The third-order valence-electron chi connectivity index (χ3n) is 4.54. The third kappa shape index (κ3) is 3.01. The molecule has 0 aromatic heterocycles. The van der Waals surface area contributed by atoms with Gasteiger partial charge in [-0.05, 0) is 45.5 Å². The molecule has 3 aromatic rings. The molecular formula is C25H17N. The van der Waals surface area contributed by atoms with E-state index in [-0.39, 0.29) is 0 Å². The summed E-state index contributed by atoms with van der Waals surface area (Å²) in [5.74, 6) is 0. The molecule has 0 atom stereocenters. The van der Waals surface area contributed by atoms with E-state index in [0.29, 0.717) is 5.56 Å². The van der Waals surface area contributed by atoms with Gasteiger partial charge in [0.15, 0.2) is 0 Å². The van der Waals surface area contributed by atoms with Crippen LogP contribution in [0.4, 0.5) is 0 Å². The van der Waals surface area contributed by atoms with Crippen LogP contribution in [0.25, 0.3) is 11.1 Å². The molecule has 0 aliphatic heterocycles. The molecule has 0 saturated carbocycles. The van der Waals surface area contributed by atoms with Gasteiger partial charge in [0.1, 0.15) is 0 Å². The minimum atomic E-state index is 0.678. The van der Waals surface area contributed by atoms with Gasteiger partial charge < -0.3 is 0 Å². The Bertz CT molecular complexity index is 1000. The SMILES string of the molecule is N#Cc1ccc(C2=CC=CC2=C(c2ccccc2)c2ccccc2)cc1. The molecule has 0 radical (unpaired) electrons. The summed E-state index contributed by atoms with van der Waals surface area (Å²) in [6, 6.07) is 30.9. The zero-order valence-electron chi connectivity index (χ0n) is 14.3. The van der Waals surface area contributed by atoms with Crippen LogP contribution < -0.4 is 0 Å². The number of hydrogen-bond acceptors (Lipinski definition) is 1. The van der Waals surface area contributed by atoms with Crippen molar-refractivity contribution in [3.05, 3.63) is 131 Å². The minimum absolute atomic E-state index is 0.678. The normalized spacial score (nSPS) is 12.6. The number of benzene rings is 3. The lowest BCUT2D eigenvalue weighted by molar-refractivity contribution is 1.47. The third-order valence-corrected chi connectivity index (χ3v) is 4.54. The first-order valence-corrected chi connectivity index (χ1v) is 8.61. The molecule has 0 spiro atoms. The Kier molecular flexibility index (Phi) is 4.33. The van der Waals surface area contributed by atoms with Crippen LogP contribution in [-0.2, 0) is 0 Å². The highest BCUT2D eigenvalue weighted by molar-refractivity contribution is 5.99. The minimum Gasteiger partial charge on any atom is -0.192 e. The van der Waals surface area contributed by atoms with E-state index in [2.05, 4.69) is 72.8 Å². The van der Waals surface area contributed by atoms with Gasteiger partial charge in [0, 0.05) is 0 Å². The molecule has 3 aromatic carbocycles. The van der Waals surface area contributed by atoms with Crippen LogP contribution in [0.1, 0.15) is 22.3 Å². The lowest BCUT2D eigenvalue weighted by Gasteiger charge is -2.15. The molecule has 1 aliphatic rings. The van der Waals surface area contributed by atoms with Crippen molar-refractivity contribution in [2.75, 3.05) is 0 Å². The zero-order chi connectivity index (χ0) is 17.8. The van der Waals surface area contributed by atoms with Crippen molar-refractivity contribution in [1.82, 2.24) is 0 Å². The average molecular weight is 331 g/mol. The summed E-state index contributed by atoms with van der Waals surface area (Å²) in [5, 5.41) is 9.05. The fraction of sp³-hybridized carbons (Fsp3) is 0. The predicted molar refractivity (Wildman–Crippen MR) is 107 cm³/mol. The van der Waals surface area contributed by atoms with Crippen LogP contribution in [0.2, 0.25) is 0 Å². The maximum atomic E-state index is 9.05. The molecule has 0 heterocycles. The number of rotatable bonds is 3. The van der Waals surface area contributed by atoms with Crippen LogP contribution in [-0.4, -0.2) is 0 Å². The van der Waals surface area contributed by atoms with E-state index in [1.165, 1.54) is 27.8 Å². The summed E-state index contributed by atoms with van der Waals surface area (Å²) in [7, 11) is 0. The molecule has 0 fully saturated rings. The van der Waals surface area contributed by atoms with E-state index >= 15 is 0 Å². The van der Waals surface area contributed by atoms with Gasteiger partial charge in [0.2, 0.25) is 0 Å². The molecule has 0 bridgehead atoms. The molecule has 0 N–H and O–H groups in total. The fourth-order valence-electron chi connectivity index (χ4n) is 3.30. The Morgan fingerprint density at radius 3 is 1.81 bits per heavy atom. The van der Waals surface area contributed by atoms with Crippen LogP contribution >= 0.6 is 0 Å². The van der Waals surface area contributed by atoms with Crippen LogP contribution in [0.5, 0.6) is 0 Å². The van der Waals surface area contributed by atoms with Crippen LogP contribution in [0.15, 0.2) is 109 Å². The summed E-state index contributed by atoms with van der Waals surface area (Å²) >= 11 is 0. The summed E-state index contributed by atoms with van der Waals surface area (Å²) in [4.78, 5) is 0. The van der Waals surface area contributed by atoms with Gasteiger partial charge in [0.25, 0.3) is 0 Å². The molecule has 4 rings (SSSR count). The molecule has 1 heteroatoms. The van der Waals surface area contributed by atoms with Gasteiger partial charge in [-0.25, -0.2) is 0 Å². The first-order chi connectivity index (χ1) is 12.9. The van der Waals surface area contributed by atoms with Crippen LogP contribution in [0, 0.1) is 11.3 Å².